The number of halogens is 1. The smallest absolute Gasteiger partial charge is 0.407 e. The number of carbonyl (C=O) groups excluding carboxylic acids is 1. The van der Waals surface area contributed by atoms with Crippen molar-refractivity contribution < 1.29 is 19.1 Å². The molecule has 1 aromatic rings. The molecule has 2 amide bonds. The summed E-state index contributed by atoms with van der Waals surface area (Å²) in [5, 5.41) is 11.8. The highest BCUT2D eigenvalue weighted by Crippen LogP contribution is 2.49. The molecule has 1 saturated heterocycles. The number of carbonyl (C=O) groups is 2. The summed E-state index contributed by atoms with van der Waals surface area (Å²) in [7, 11) is 0. The minimum Gasteiger partial charge on any atom is -0.465 e. The lowest BCUT2D eigenvalue weighted by atomic mass is 9.93. The fourth-order valence-electron chi connectivity index (χ4n) is 3.41. The number of nitrogens with zero attached hydrogens (tertiary/aromatic N) is 1. The summed E-state index contributed by atoms with van der Waals surface area (Å²) in [6.45, 7) is 2.10. The Kier molecular flexibility index (Phi) is 4.47. The monoisotopic (exact) mass is 334 g/mol. The Hall–Kier alpha value is -2.11. The van der Waals surface area contributed by atoms with Gasteiger partial charge in [-0.05, 0) is 38.2 Å². The second-order valence-electron chi connectivity index (χ2n) is 7.06. The number of amides is 2. The fraction of sp³-hybridized carbons (Fsp3) is 0.556. The maximum Gasteiger partial charge on any atom is 0.407 e. The molecule has 2 N–H and O–H groups in total. The molecule has 0 aromatic heterocycles. The first kappa shape index (κ1) is 16.7. The first-order chi connectivity index (χ1) is 11.4. The molecule has 5 nitrogen and oxygen atoms in total. The first-order valence-corrected chi connectivity index (χ1v) is 8.38. The molecule has 130 valence electrons. The number of alkyl halides is 1. The molecular weight excluding hydrogens is 311 g/mol. The van der Waals surface area contributed by atoms with Crippen molar-refractivity contribution in [2.24, 2.45) is 5.41 Å². The lowest BCUT2D eigenvalue weighted by molar-refractivity contribution is -0.128. The second-order valence-corrected chi connectivity index (χ2v) is 7.06. The Labute approximate surface area is 140 Å². The number of piperidine rings is 1. The van der Waals surface area contributed by atoms with Crippen molar-refractivity contribution in [2.45, 2.75) is 44.8 Å². The van der Waals surface area contributed by atoms with Crippen molar-refractivity contribution in [2.75, 3.05) is 13.1 Å². The molecule has 0 radical (unpaired) electrons. The van der Waals surface area contributed by atoms with Crippen molar-refractivity contribution in [3.63, 3.8) is 0 Å². The van der Waals surface area contributed by atoms with Gasteiger partial charge >= 0.3 is 6.09 Å². The van der Waals surface area contributed by atoms with Crippen LogP contribution in [-0.2, 0) is 11.2 Å². The van der Waals surface area contributed by atoms with Crippen molar-refractivity contribution in [3.8, 4) is 0 Å². The fourth-order valence-corrected chi connectivity index (χ4v) is 3.41. The number of aryl methyl sites for hydroxylation is 1. The van der Waals surface area contributed by atoms with E-state index < -0.39 is 23.7 Å². The maximum atomic E-state index is 14.2. The van der Waals surface area contributed by atoms with Crippen LogP contribution in [-0.4, -0.2) is 47.3 Å². The van der Waals surface area contributed by atoms with Gasteiger partial charge in [-0.3, -0.25) is 4.79 Å². The third-order valence-electron chi connectivity index (χ3n) is 5.09. The zero-order chi connectivity index (χ0) is 17.3. The number of carboxylic acid groups (broad SMARTS) is 1. The zero-order valence-electron chi connectivity index (χ0n) is 13.8. The molecule has 3 rings (SSSR count). The minimum atomic E-state index is -1.35. The van der Waals surface area contributed by atoms with Gasteiger partial charge in [-0.2, -0.15) is 0 Å². The maximum absolute atomic E-state index is 14.2. The summed E-state index contributed by atoms with van der Waals surface area (Å²) < 4.78 is 14.2. The average molecular weight is 334 g/mol. The molecule has 24 heavy (non-hydrogen) atoms. The predicted octanol–water partition coefficient (Wildman–Crippen LogP) is 2.52. The average Bonchev–Trinajstić information content (AvgIpc) is 3.30. The number of nitrogens with one attached hydrogen (secondary N) is 1. The van der Waals surface area contributed by atoms with Gasteiger partial charge in [0.15, 0.2) is 0 Å². The molecule has 6 heteroatoms. The van der Waals surface area contributed by atoms with E-state index in [2.05, 4.69) is 11.4 Å². The largest absolute Gasteiger partial charge is 0.465 e. The zero-order valence-corrected chi connectivity index (χ0v) is 13.8. The summed E-state index contributed by atoms with van der Waals surface area (Å²) >= 11 is 0. The molecule has 0 unspecified atom stereocenters. The van der Waals surface area contributed by atoms with Gasteiger partial charge in [0.1, 0.15) is 6.17 Å². The Morgan fingerprint density at radius 1 is 1.42 bits per heavy atom. The van der Waals surface area contributed by atoms with E-state index >= 15 is 0 Å². The van der Waals surface area contributed by atoms with E-state index in [1.54, 1.807) is 0 Å². The topological polar surface area (TPSA) is 69.6 Å². The van der Waals surface area contributed by atoms with Crippen LogP contribution in [0.3, 0.4) is 0 Å². The van der Waals surface area contributed by atoms with Crippen molar-refractivity contribution >= 4 is 12.0 Å². The van der Waals surface area contributed by atoms with E-state index in [4.69, 9.17) is 5.11 Å². The SMILES string of the molecule is Cc1cccc(CC2(C(=O)N[C@H]3CCN(C(=O)O)C[C@@H]3F)CC2)c1. The highest BCUT2D eigenvalue weighted by atomic mass is 19.1. The van der Waals surface area contributed by atoms with Crippen LogP contribution >= 0.6 is 0 Å². The van der Waals surface area contributed by atoms with Gasteiger partial charge in [-0.15, -0.1) is 0 Å². The van der Waals surface area contributed by atoms with E-state index in [1.807, 2.05) is 25.1 Å². The first-order valence-electron chi connectivity index (χ1n) is 8.38. The van der Waals surface area contributed by atoms with Crippen LogP contribution in [0.15, 0.2) is 24.3 Å². The second kappa shape index (κ2) is 6.42. The highest BCUT2D eigenvalue weighted by molar-refractivity contribution is 5.86. The standard InChI is InChI=1S/C18H23FN2O3/c1-12-3-2-4-13(9-12)10-18(6-7-18)16(22)20-15-5-8-21(17(23)24)11-14(15)19/h2-4,9,14-15H,5-8,10-11H2,1H3,(H,20,22)(H,23,24)/t14-,15-/m0/s1. The van der Waals surface area contributed by atoms with E-state index in [1.165, 1.54) is 0 Å². The summed E-state index contributed by atoms with van der Waals surface area (Å²) in [4.78, 5) is 24.6. The van der Waals surface area contributed by atoms with Gasteiger partial charge in [-0.25, -0.2) is 9.18 Å². The Morgan fingerprint density at radius 2 is 2.17 bits per heavy atom. The normalized spacial score (nSPS) is 25.2. The van der Waals surface area contributed by atoms with E-state index in [-0.39, 0.29) is 19.0 Å². The summed E-state index contributed by atoms with van der Waals surface area (Å²) in [6.07, 6.45) is 0.162. The molecule has 0 spiro atoms. The minimum absolute atomic E-state index is 0.0968. The third kappa shape index (κ3) is 3.52. The molecule has 1 aliphatic carbocycles. The molecule has 1 saturated carbocycles. The molecule has 0 bridgehead atoms. The third-order valence-corrected chi connectivity index (χ3v) is 5.09. The number of likely N-dealkylation sites (tertiary alicyclic amines) is 1. The van der Waals surface area contributed by atoms with E-state index in [0.717, 1.165) is 28.9 Å². The Balaban J connectivity index is 1.59. The van der Waals surface area contributed by atoms with E-state index in [0.29, 0.717) is 12.8 Å². The van der Waals surface area contributed by atoms with Crippen molar-refractivity contribution in [1.82, 2.24) is 10.2 Å². The van der Waals surface area contributed by atoms with Crippen molar-refractivity contribution in [3.05, 3.63) is 35.4 Å². The van der Waals surface area contributed by atoms with Crippen LogP contribution in [0.25, 0.3) is 0 Å². The van der Waals surface area contributed by atoms with Crippen LogP contribution < -0.4 is 5.32 Å². The predicted molar refractivity (Wildman–Crippen MR) is 87.6 cm³/mol. The summed E-state index contributed by atoms with van der Waals surface area (Å²) in [5.74, 6) is -0.0968. The quantitative estimate of drug-likeness (QED) is 0.889. The molecule has 2 aliphatic rings. The molecule has 1 heterocycles. The lowest BCUT2D eigenvalue weighted by Crippen LogP contribution is -2.54. The molecule has 1 aliphatic heterocycles. The van der Waals surface area contributed by atoms with Gasteiger partial charge in [-0.1, -0.05) is 29.8 Å². The van der Waals surface area contributed by atoms with Crippen LogP contribution in [0.5, 0.6) is 0 Å². The Morgan fingerprint density at radius 3 is 2.75 bits per heavy atom. The summed E-state index contributed by atoms with van der Waals surface area (Å²) in [6, 6.07) is 7.51. The van der Waals surface area contributed by atoms with Crippen LogP contribution in [0.4, 0.5) is 9.18 Å². The number of hydrogen-bond donors (Lipinski definition) is 2. The molecule has 2 atom stereocenters. The van der Waals surface area contributed by atoms with Crippen molar-refractivity contribution in [1.29, 1.82) is 0 Å². The van der Waals surface area contributed by atoms with Gasteiger partial charge in [0.2, 0.25) is 5.91 Å². The number of rotatable bonds is 4. The van der Waals surface area contributed by atoms with Crippen LogP contribution in [0, 0.1) is 12.3 Å². The van der Waals surface area contributed by atoms with Crippen LogP contribution in [0.1, 0.15) is 30.4 Å². The number of hydrogen-bond acceptors (Lipinski definition) is 2. The molecule has 1 aromatic carbocycles. The summed E-state index contributed by atoms with van der Waals surface area (Å²) in [5.41, 5.74) is 1.87. The van der Waals surface area contributed by atoms with Gasteiger partial charge in [0.25, 0.3) is 0 Å². The van der Waals surface area contributed by atoms with Crippen LogP contribution in [0.2, 0.25) is 0 Å². The van der Waals surface area contributed by atoms with Gasteiger partial charge in [0.05, 0.1) is 18.0 Å². The number of benzene rings is 1. The highest BCUT2D eigenvalue weighted by Gasteiger charge is 2.50. The van der Waals surface area contributed by atoms with Gasteiger partial charge < -0.3 is 15.3 Å². The molecular formula is C18H23FN2O3. The van der Waals surface area contributed by atoms with Gasteiger partial charge in [0, 0.05) is 6.54 Å². The van der Waals surface area contributed by atoms with E-state index in [9.17, 15) is 14.0 Å². The molecule has 2 fully saturated rings. The lowest BCUT2D eigenvalue weighted by Gasteiger charge is -2.34. The Bertz CT molecular complexity index is 645.